The molecule has 21 heavy (non-hydrogen) atoms. The van der Waals surface area contributed by atoms with Crippen molar-refractivity contribution in [1.82, 2.24) is 5.32 Å². The average molecular weight is 315 g/mol. The number of carbonyl (C=O) groups is 2. The zero-order valence-electron chi connectivity index (χ0n) is 14.2. The van der Waals surface area contributed by atoms with Gasteiger partial charge in [-0.2, -0.15) is 0 Å². The van der Waals surface area contributed by atoms with Crippen LogP contribution in [-0.4, -0.2) is 43.9 Å². The molecule has 1 saturated heterocycles. The molecule has 1 amide bonds. The van der Waals surface area contributed by atoms with E-state index in [4.69, 9.17) is 9.53 Å². The minimum absolute atomic E-state index is 0.0659. The summed E-state index contributed by atoms with van der Waals surface area (Å²) in [5.74, 6) is -1.01. The molecule has 0 spiro atoms. The smallest absolute Gasteiger partial charge is 0.228 e. The van der Waals surface area contributed by atoms with Crippen LogP contribution in [0.2, 0.25) is 18.1 Å². The predicted molar refractivity (Wildman–Crippen MR) is 84.4 cm³/mol. The van der Waals surface area contributed by atoms with Crippen molar-refractivity contribution >= 4 is 20.0 Å². The summed E-state index contributed by atoms with van der Waals surface area (Å²) in [5, 5.41) is 11.8. The maximum atomic E-state index is 11.9. The standard InChI is InChI=1S/C15H29NO4Si/c1-9(11(18)8-17)13-12(14(19)16-13)10(2)20-21(6,7)15(3,4)5/h9-10,12-13,17H,8H2,1-7H3,(H,16,19)/t9-,10+,12+,13-/m0/s1. The number of amides is 1. The number of rotatable bonds is 6. The van der Waals surface area contributed by atoms with Crippen LogP contribution >= 0.6 is 0 Å². The van der Waals surface area contributed by atoms with Crippen molar-refractivity contribution in [3.63, 3.8) is 0 Å². The third-order valence-corrected chi connectivity index (χ3v) is 9.57. The van der Waals surface area contributed by atoms with E-state index in [0.717, 1.165) is 0 Å². The first kappa shape index (κ1) is 18.3. The van der Waals surface area contributed by atoms with Crippen LogP contribution in [0.1, 0.15) is 34.6 Å². The second kappa shape index (κ2) is 6.18. The van der Waals surface area contributed by atoms with Gasteiger partial charge < -0.3 is 14.8 Å². The molecule has 1 rings (SSSR count). The van der Waals surface area contributed by atoms with E-state index in [2.05, 4.69) is 39.2 Å². The number of Topliss-reactive ketones (excluding diaryl/α,β-unsaturated/α-hetero) is 1. The molecule has 0 unspecified atom stereocenters. The molecule has 1 aliphatic heterocycles. The Morgan fingerprint density at radius 2 is 1.90 bits per heavy atom. The lowest BCUT2D eigenvalue weighted by molar-refractivity contribution is -0.144. The van der Waals surface area contributed by atoms with Gasteiger partial charge in [0.25, 0.3) is 0 Å². The van der Waals surface area contributed by atoms with Crippen molar-refractivity contribution in [3.8, 4) is 0 Å². The normalized spacial score (nSPS) is 25.8. The number of β-lactam (4-membered cyclic amide) rings is 1. The van der Waals surface area contributed by atoms with Crippen LogP contribution in [0.25, 0.3) is 0 Å². The van der Waals surface area contributed by atoms with E-state index in [-0.39, 0.29) is 40.7 Å². The van der Waals surface area contributed by atoms with Gasteiger partial charge in [0.2, 0.25) is 5.91 Å². The molecule has 1 heterocycles. The molecule has 0 radical (unpaired) electrons. The van der Waals surface area contributed by atoms with E-state index in [1.165, 1.54) is 0 Å². The molecule has 122 valence electrons. The van der Waals surface area contributed by atoms with Gasteiger partial charge in [0, 0.05) is 5.92 Å². The Labute approximate surface area is 128 Å². The van der Waals surface area contributed by atoms with Crippen LogP contribution in [0.5, 0.6) is 0 Å². The van der Waals surface area contributed by atoms with Crippen molar-refractivity contribution < 1.29 is 19.1 Å². The van der Waals surface area contributed by atoms with Crippen molar-refractivity contribution in [2.24, 2.45) is 11.8 Å². The van der Waals surface area contributed by atoms with Gasteiger partial charge in [-0.15, -0.1) is 0 Å². The van der Waals surface area contributed by atoms with Gasteiger partial charge in [-0.3, -0.25) is 9.59 Å². The Morgan fingerprint density at radius 1 is 1.38 bits per heavy atom. The zero-order chi connectivity index (χ0) is 16.6. The molecule has 0 bridgehead atoms. The monoisotopic (exact) mass is 315 g/mol. The van der Waals surface area contributed by atoms with Gasteiger partial charge in [-0.25, -0.2) is 0 Å². The lowest BCUT2D eigenvalue weighted by Gasteiger charge is -2.46. The van der Waals surface area contributed by atoms with Gasteiger partial charge in [-0.1, -0.05) is 27.7 Å². The second-order valence-corrected chi connectivity index (χ2v) is 12.3. The van der Waals surface area contributed by atoms with Crippen LogP contribution in [0.4, 0.5) is 0 Å². The number of aliphatic hydroxyl groups is 1. The summed E-state index contributed by atoms with van der Waals surface area (Å²) in [5.41, 5.74) is 0. The first-order chi connectivity index (χ1) is 9.42. The van der Waals surface area contributed by atoms with E-state index in [0.29, 0.717) is 0 Å². The number of hydrogen-bond acceptors (Lipinski definition) is 4. The molecule has 1 aliphatic rings. The highest BCUT2D eigenvalue weighted by molar-refractivity contribution is 6.74. The maximum Gasteiger partial charge on any atom is 0.228 e. The minimum Gasteiger partial charge on any atom is -0.413 e. The summed E-state index contributed by atoms with van der Waals surface area (Å²) in [6.07, 6.45) is -0.224. The molecule has 2 N–H and O–H groups in total. The molecule has 0 aromatic carbocycles. The van der Waals surface area contributed by atoms with E-state index < -0.39 is 14.9 Å². The van der Waals surface area contributed by atoms with Crippen LogP contribution < -0.4 is 5.32 Å². The average Bonchev–Trinajstić information content (AvgIpc) is 2.31. The highest BCUT2D eigenvalue weighted by Crippen LogP contribution is 2.39. The molecule has 5 nitrogen and oxygen atoms in total. The fourth-order valence-corrected chi connectivity index (χ4v) is 3.85. The molecule has 0 aromatic heterocycles. The summed E-state index contributed by atoms with van der Waals surface area (Å²) in [6, 6.07) is -0.239. The summed E-state index contributed by atoms with van der Waals surface area (Å²) in [4.78, 5) is 23.5. The first-order valence-corrected chi connectivity index (χ1v) is 10.4. The molecule has 6 heteroatoms. The molecule has 1 fully saturated rings. The van der Waals surface area contributed by atoms with Gasteiger partial charge in [-0.05, 0) is 25.1 Å². The van der Waals surface area contributed by atoms with Crippen LogP contribution in [0, 0.1) is 11.8 Å². The Morgan fingerprint density at radius 3 is 2.29 bits per heavy atom. The highest BCUT2D eigenvalue weighted by atomic mass is 28.4. The molecule has 4 atom stereocenters. The molecule has 0 saturated carbocycles. The number of carbonyl (C=O) groups excluding carboxylic acids is 2. The van der Waals surface area contributed by atoms with E-state index in [1.54, 1.807) is 6.92 Å². The molecular formula is C15H29NO4Si. The topological polar surface area (TPSA) is 75.6 Å². The van der Waals surface area contributed by atoms with Crippen molar-refractivity contribution in [2.75, 3.05) is 6.61 Å². The van der Waals surface area contributed by atoms with E-state index >= 15 is 0 Å². The lowest BCUT2D eigenvalue weighted by Crippen LogP contribution is -2.67. The molecule has 0 aliphatic carbocycles. The lowest BCUT2D eigenvalue weighted by atomic mass is 9.77. The van der Waals surface area contributed by atoms with Gasteiger partial charge in [0.05, 0.1) is 18.1 Å². The molecular weight excluding hydrogens is 286 g/mol. The van der Waals surface area contributed by atoms with Gasteiger partial charge >= 0.3 is 0 Å². The first-order valence-electron chi connectivity index (χ1n) is 7.54. The Hall–Kier alpha value is -0.723. The summed E-state index contributed by atoms with van der Waals surface area (Å²) >= 11 is 0. The van der Waals surface area contributed by atoms with Crippen LogP contribution in [0.3, 0.4) is 0 Å². The summed E-state index contributed by atoms with van der Waals surface area (Å²) in [6.45, 7) is 13.9. The fraction of sp³-hybridized carbons (Fsp3) is 0.867. The minimum atomic E-state index is -1.96. The zero-order valence-corrected chi connectivity index (χ0v) is 15.2. The van der Waals surface area contributed by atoms with Gasteiger partial charge in [0.1, 0.15) is 6.61 Å². The second-order valence-electron chi connectivity index (χ2n) is 7.56. The van der Waals surface area contributed by atoms with Crippen molar-refractivity contribution in [1.29, 1.82) is 0 Å². The fourth-order valence-electron chi connectivity index (χ4n) is 2.42. The highest BCUT2D eigenvalue weighted by Gasteiger charge is 2.50. The Kier molecular flexibility index (Phi) is 5.39. The third kappa shape index (κ3) is 3.73. The third-order valence-electron chi connectivity index (χ3n) is 4.99. The summed E-state index contributed by atoms with van der Waals surface area (Å²) < 4.78 is 6.27. The number of hydrogen-bond donors (Lipinski definition) is 2. The van der Waals surface area contributed by atoms with Gasteiger partial charge in [0.15, 0.2) is 14.1 Å². The quantitative estimate of drug-likeness (QED) is 0.578. The number of ketones is 1. The number of aliphatic hydroxyl groups excluding tert-OH is 1. The van der Waals surface area contributed by atoms with E-state index in [1.807, 2.05) is 6.92 Å². The Balaban J connectivity index is 2.79. The van der Waals surface area contributed by atoms with Crippen molar-refractivity contribution in [3.05, 3.63) is 0 Å². The SMILES string of the molecule is C[C@@H](O[Si](C)(C)C(C)(C)C)[C@H]1C(=O)N[C@H]1[C@@H](C)C(=O)CO. The Bertz CT molecular complexity index is 416. The van der Waals surface area contributed by atoms with E-state index in [9.17, 15) is 9.59 Å². The maximum absolute atomic E-state index is 11.9. The number of nitrogens with one attached hydrogen (secondary N) is 1. The predicted octanol–water partition coefficient (Wildman–Crippen LogP) is 1.71. The van der Waals surface area contributed by atoms with Crippen LogP contribution in [-0.2, 0) is 14.0 Å². The van der Waals surface area contributed by atoms with Crippen LogP contribution in [0.15, 0.2) is 0 Å². The largest absolute Gasteiger partial charge is 0.413 e. The summed E-state index contributed by atoms with van der Waals surface area (Å²) in [7, 11) is -1.96. The van der Waals surface area contributed by atoms with Crippen molar-refractivity contribution in [2.45, 2.75) is 64.9 Å². The molecule has 0 aromatic rings.